The fourth-order valence-corrected chi connectivity index (χ4v) is 1.19. The Bertz CT molecular complexity index is 410. The summed E-state index contributed by atoms with van der Waals surface area (Å²) in [6.07, 6.45) is -9.72. The molecule has 0 atom stereocenters. The lowest BCUT2D eigenvalue weighted by molar-refractivity contribution is -0.440. The van der Waals surface area contributed by atoms with Crippen LogP contribution in [0.3, 0.4) is 0 Å². The maximum Gasteiger partial charge on any atom is 0.460 e. The third-order valence-corrected chi connectivity index (χ3v) is 2.62. The normalized spacial score (nSPS) is 15.9. The summed E-state index contributed by atoms with van der Waals surface area (Å²) >= 11 is 0. The number of rotatable bonds is 7. The highest BCUT2D eigenvalue weighted by atomic mass is 19.4. The van der Waals surface area contributed by atoms with Gasteiger partial charge in [0.1, 0.15) is 0 Å². The van der Waals surface area contributed by atoms with E-state index in [1.165, 1.54) is 0 Å². The molecule has 0 aliphatic rings. The number of alkyl halides is 13. The summed E-state index contributed by atoms with van der Waals surface area (Å²) in [5, 5.41) is 0. The molecule has 14 heteroatoms. The molecule has 0 aliphatic heterocycles. The van der Waals surface area contributed by atoms with Crippen molar-refractivity contribution in [2.75, 3.05) is 13.7 Å². The van der Waals surface area contributed by atoms with Crippen LogP contribution in [-0.2, 0) is 4.74 Å². The second-order valence-corrected chi connectivity index (χ2v) is 4.24. The van der Waals surface area contributed by atoms with Crippen LogP contribution >= 0.6 is 0 Å². The Balaban J connectivity index is 6.03. The summed E-state index contributed by atoms with van der Waals surface area (Å²) in [7, 11) is 0.624. The van der Waals surface area contributed by atoms with Gasteiger partial charge in [-0.05, 0) is 0 Å². The molecule has 140 valence electrons. The van der Waals surface area contributed by atoms with Gasteiger partial charge in [-0.15, -0.1) is 0 Å². The van der Waals surface area contributed by atoms with E-state index in [0.29, 0.717) is 7.11 Å². The highest BCUT2D eigenvalue weighted by Crippen LogP contribution is 2.60. The van der Waals surface area contributed by atoms with E-state index >= 15 is 0 Å². The van der Waals surface area contributed by atoms with Crippen molar-refractivity contribution in [1.29, 1.82) is 0 Å². The minimum Gasteiger partial charge on any atom is -0.384 e. The van der Waals surface area contributed by atoms with E-state index in [1.54, 1.807) is 0 Å². The molecule has 0 aliphatic carbocycles. The number of methoxy groups -OCH3 is 1. The average Bonchev–Trinajstić information content (AvgIpc) is 2.34. The first kappa shape index (κ1) is 22.1. The number of halogens is 13. The number of ether oxygens (including phenoxy) is 1. The molecule has 0 bridgehead atoms. The molecule has 0 heterocycles. The minimum absolute atomic E-state index is 0.624. The molecule has 0 spiro atoms. The van der Waals surface area contributed by atoms with Crippen LogP contribution in [0.2, 0.25) is 0 Å². The summed E-state index contributed by atoms with van der Waals surface area (Å²) < 4.78 is 167. The Kier molecular flexibility index (Phi) is 5.60. The lowest BCUT2D eigenvalue weighted by Crippen LogP contribution is -2.70. The molecule has 0 unspecified atom stereocenters. The van der Waals surface area contributed by atoms with Crippen LogP contribution in [0.5, 0.6) is 0 Å². The van der Waals surface area contributed by atoms with Crippen LogP contribution in [0.15, 0.2) is 0 Å². The van der Waals surface area contributed by atoms with Gasteiger partial charge in [-0.1, -0.05) is 0 Å². The van der Waals surface area contributed by atoms with Crippen LogP contribution in [0.1, 0.15) is 6.42 Å². The third kappa shape index (κ3) is 3.18. The first-order valence-corrected chi connectivity index (χ1v) is 5.26. The van der Waals surface area contributed by atoms with E-state index in [4.69, 9.17) is 0 Å². The summed E-state index contributed by atoms with van der Waals surface area (Å²) in [4.78, 5) is 0. The van der Waals surface area contributed by atoms with Gasteiger partial charge in [0.15, 0.2) is 0 Å². The fourth-order valence-electron chi connectivity index (χ4n) is 1.19. The highest BCUT2D eigenvalue weighted by Gasteiger charge is 2.90. The summed E-state index contributed by atoms with van der Waals surface area (Å²) in [5.74, 6) is -36.5. The summed E-state index contributed by atoms with van der Waals surface area (Å²) in [6.45, 7) is -1.39. The van der Waals surface area contributed by atoms with Crippen LogP contribution in [0, 0.1) is 0 Å². The summed E-state index contributed by atoms with van der Waals surface area (Å²) in [6, 6.07) is 0. The Hall–Kier alpha value is -0.950. The van der Waals surface area contributed by atoms with Crippen molar-refractivity contribution in [3.8, 4) is 0 Å². The molecule has 0 rings (SSSR count). The van der Waals surface area contributed by atoms with Crippen molar-refractivity contribution in [2.24, 2.45) is 0 Å². The Morgan fingerprint density at radius 2 is 0.913 bits per heavy atom. The standard InChI is InChI=1S/C9H7F13O/c1-23-3-2-4(10,11)5(12,13)6(14,15)7(16,17)8(18,19)9(20,21)22/h2-3H2,1H3. The maximum absolute atomic E-state index is 13.0. The lowest BCUT2D eigenvalue weighted by Gasteiger charge is -2.39. The van der Waals surface area contributed by atoms with Gasteiger partial charge in [-0.2, -0.15) is 57.1 Å². The van der Waals surface area contributed by atoms with Gasteiger partial charge in [0.25, 0.3) is 0 Å². The second-order valence-electron chi connectivity index (χ2n) is 4.24. The predicted octanol–water partition coefficient (Wildman–Crippen LogP) is 4.76. The van der Waals surface area contributed by atoms with Crippen LogP contribution in [0.4, 0.5) is 57.1 Å². The highest BCUT2D eigenvalue weighted by molar-refractivity contribution is 5.10. The Morgan fingerprint density at radius 3 is 1.22 bits per heavy atom. The molecule has 0 N–H and O–H groups in total. The molecule has 0 aromatic rings. The topological polar surface area (TPSA) is 9.23 Å². The molecule has 0 saturated heterocycles. The van der Waals surface area contributed by atoms with Crippen molar-refractivity contribution in [3.05, 3.63) is 0 Å². The smallest absolute Gasteiger partial charge is 0.384 e. The first-order valence-electron chi connectivity index (χ1n) is 5.26. The fraction of sp³-hybridized carbons (Fsp3) is 1.00. The maximum atomic E-state index is 13.0. The van der Waals surface area contributed by atoms with Gasteiger partial charge in [-0.3, -0.25) is 0 Å². The van der Waals surface area contributed by atoms with Crippen molar-refractivity contribution in [2.45, 2.75) is 42.2 Å². The van der Waals surface area contributed by atoms with Crippen molar-refractivity contribution >= 4 is 0 Å². The molecule has 0 fully saturated rings. The van der Waals surface area contributed by atoms with E-state index in [0.717, 1.165) is 0 Å². The van der Waals surface area contributed by atoms with Gasteiger partial charge < -0.3 is 4.74 Å². The molecule has 1 nitrogen and oxygen atoms in total. The zero-order valence-corrected chi connectivity index (χ0v) is 10.7. The van der Waals surface area contributed by atoms with Crippen molar-refractivity contribution in [3.63, 3.8) is 0 Å². The average molecular weight is 378 g/mol. The van der Waals surface area contributed by atoms with Gasteiger partial charge >= 0.3 is 35.8 Å². The van der Waals surface area contributed by atoms with E-state index in [1.807, 2.05) is 0 Å². The van der Waals surface area contributed by atoms with Crippen molar-refractivity contribution in [1.82, 2.24) is 0 Å². The van der Waals surface area contributed by atoms with E-state index < -0.39 is 48.8 Å². The van der Waals surface area contributed by atoms with Gasteiger partial charge in [0.2, 0.25) is 0 Å². The van der Waals surface area contributed by atoms with Crippen molar-refractivity contribution < 1.29 is 61.8 Å². The number of hydrogen-bond acceptors (Lipinski definition) is 1. The predicted molar refractivity (Wildman–Crippen MR) is 47.3 cm³/mol. The van der Waals surface area contributed by atoms with E-state index in [-0.39, 0.29) is 0 Å². The van der Waals surface area contributed by atoms with E-state index in [2.05, 4.69) is 4.74 Å². The quantitative estimate of drug-likeness (QED) is 0.581. The molecular formula is C9H7F13O. The SMILES string of the molecule is COCCC(F)(F)C(F)(F)C(F)(F)C(F)(F)C(F)(F)C(F)(F)F. The monoisotopic (exact) mass is 378 g/mol. The van der Waals surface area contributed by atoms with Crippen LogP contribution < -0.4 is 0 Å². The largest absolute Gasteiger partial charge is 0.460 e. The first-order chi connectivity index (χ1) is 9.81. The van der Waals surface area contributed by atoms with Crippen LogP contribution in [-0.4, -0.2) is 49.5 Å². The van der Waals surface area contributed by atoms with Crippen LogP contribution in [0.25, 0.3) is 0 Å². The van der Waals surface area contributed by atoms with E-state index in [9.17, 15) is 57.1 Å². The zero-order valence-electron chi connectivity index (χ0n) is 10.7. The lowest BCUT2D eigenvalue weighted by atomic mass is 9.93. The molecule has 0 saturated carbocycles. The summed E-state index contributed by atoms with van der Waals surface area (Å²) in [5.41, 5.74) is 0. The molecule has 0 amide bonds. The zero-order chi connectivity index (χ0) is 19.1. The molecule has 0 aromatic carbocycles. The minimum atomic E-state index is -7.85. The molecule has 0 radical (unpaired) electrons. The van der Waals surface area contributed by atoms with Gasteiger partial charge in [0.05, 0.1) is 6.61 Å². The van der Waals surface area contributed by atoms with Gasteiger partial charge in [0, 0.05) is 13.5 Å². The third-order valence-electron chi connectivity index (χ3n) is 2.62. The van der Waals surface area contributed by atoms with Gasteiger partial charge in [-0.25, -0.2) is 0 Å². The molecular weight excluding hydrogens is 371 g/mol. The Labute approximate surface area is 119 Å². The second kappa shape index (κ2) is 5.84. The number of hydrogen-bond donors (Lipinski definition) is 0. The molecule has 0 aromatic heterocycles. The Morgan fingerprint density at radius 1 is 0.565 bits per heavy atom. The molecule has 23 heavy (non-hydrogen) atoms.